The van der Waals surface area contributed by atoms with Gasteiger partial charge in [0, 0.05) is 10.8 Å². The van der Waals surface area contributed by atoms with Gasteiger partial charge in [-0.1, -0.05) is 60.7 Å². The normalized spacial score (nSPS) is 12.2. The molecule has 1 N–H and O–H groups in total. The smallest absolute Gasteiger partial charge is 0.297 e. The molecule has 0 bridgehead atoms. The van der Waals surface area contributed by atoms with Crippen molar-refractivity contribution in [3.63, 3.8) is 0 Å². The second kappa shape index (κ2) is 6.46. The average Bonchev–Trinajstić information content (AvgIpc) is 2.66. The van der Waals surface area contributed by atoms with Crippen molar-refractivity contribution in [1.29, 1.82) is 0 Å². The van der Waals surface area contributed by atoms with Crippen molar-refractivity contribution in [2.45, 2.75) is 4.90 Å². The topological polar surface area (TPSA) is 102 Å². The summed E-state index contributed by atoms with van der Waals surface area (Å²) < 4.78 is 33.6. The van der Waals surface area contributed by atoms with Crippen LogP contribution in [0.3, 0.4) is 0 Å². The zero-order valence-electron chi connectivity index (χ0n) is 13.9. The Balaban J connectivity index is 1.91. The van der Waals surface area contributed by atoms with Gasteiger partial charge in [-0.25, -0.2) is 0 Å². The molecule has 27 heavy (non-hydrogen) atoms. The SMILES string of the molecule is O=S(=O)(O)c1c(N=Nc2ccc([O-])c3ccccc23)ccc2ccccc12. The molecule has 0 aliphatic carbocycles. The molecule has 0 saturated carbocycles. The van der Waals surface area contributed by atoms with E-state index in [4.69, 9.17) is 0 Å². The van der Waals surface area contributed by atoms with Gasteiger partial charge in [0.2, 0.25) is 0 Å². The van der Waals surface area contributed by atoms with Crippen LogP contribution in [-0.2, 0) is 10.1 Å². The number of benzene rings is 4. The highest BCUT2D eigenvalue weighted by Gasteiger charge is 2.19. The van der Waals surface area contributed by atoms with Crippen LogP contribution in [0.4, 0.5) is 11.4 Å². The zero-order valence-corrected chi connectivity index (χ0v) is 14.7. The van der Waals surface area contributed by atoms with E-state index in [1.54, 1.807) is 54.6 Å². The molecule has 0 amide bonds. The Morgan fingerprint density at radius 3 is 2.04 bits per heavy atom. The van der Waals surface area contributed by atoms with Crippen LogP contribution in [0, 0.1) is 0 Å². The molecule has 4 aromatic carbocycles. The molecule has 0 fully saturated rings. The quantitative estimate of drug-likeness (QED) is 0.412. The van der Waals surface area contributed by atoms with Crippen molar-refractivity contribution in [1.82, 2.24) is 0 Å². The van der Waals surface area contributed by atoms with Crippen molar-refractivity contribution in [3.05, 3.63) is 72.8 Å². The highest BCUT2D eigenvalue weighted by molar-refractivity contribution is 7.86. The summed E-state index contributed by atoms with van der Waals surface area (Å²) in [5, 5.41) is 22.3. The Bertz CT molecular complexity index is 1310. The van der Waals surface area contributed by atoms with Crippen LogP contribution in [-0.4, -0.2) is 13.0 Å². The van der Waals surface area contributed by atoms with E-state index < -0.39 is 10.1 Å². The molecule has 7 heteroatoms. The van der Waals surface area contributed by atoms with Gasteiger partial charge in [0.15, 0.2) is 0 Å². The molecule has 0 aliphatic heterocycles. The highest BCUT2D eigenvalue weighted by Crippen LogP contribution is 2.35. The van der Waals surface area contributed by atoms with Gasteiger partial charge in [-0.2, -0.15) is 8.42 Å². The van der Waals surface area contributed by atoms with Crippen molar-refractivity contribution < 1.29 is 18.1 Å². The van der Waals surface area contributed by atoms with Crippen LogP contribution in [0.5, 0.6) is 5.75 Å². The van der Waals surface area contributed by atoms with Gasteiger partial charge in [0.05, 0.1) is 5.69 Å². The summed E-state index contributed by atoms with van der Waals surface area (Å²) in [6, 6.07) is 19.9. The van der Waals surface area contributed by atoms with Gasteiger partial charge in [0.1, 0.15) is 10.6 Å². The van der Waals surface area contributed by atoms with Gasteiger partial charge >= 0.3 is 0 Å². The standard InChI is InChI=1S/C20H14N2O4S/c23-19-12-11-17(15-7-3-4-8-16(15)19)21-22-18-10-9-13-5-1-2-6-14(13)20(18)27(24,25)26/h1-12,23H,(H,24,25,26)/p-1. The van der Waals surface area contributed by atoms with Gasteiger partial charge < -0.3 is 5.11 Å². The van der Waals surface area contributed by atoms with Gasteiger partial charge in [-0.3, -0.25) is 4.55 Å². The first kappa shape index (κ1) is 17.1. The summed E-state index contributed by atoms with van der Waals surface area (Å²) in [6.07, 6.45) is 0. The Labute approximate surface area is 155 Å². The predicted octanol–water partition coefficient (Wildman–Crippen LogP) is 4.73. The fourth-order valence-corrected chi connectivity index (χ4v) is 3.87. The van der Waals surface area contributed by atoms with Crippen LogP contribution in [0.15, 0.2) is 87.9 Å². The van der Waals surface area contributed by atoms with Crippen LogP contribution >= 0.6 is 0 Å². The highest BCUT2D eigenvalue weighted by atomic mass is 32.2. The second-order valence-electron chi connectivity index (χ2n) is 5.94. The fraction of sp³-hybridized carbons (Fsp3) is 0. The third-order valence-electron chi connectivity index (χ3n) is 4.24. The van der Waals surface area contributed by atoms with E-state index in [2.05, 4.69) is 10.2 Å². The first-order valence-corrected chi connectivity index (χ1v) is 9.49. The lowest BCUT2D eigenvalue weighted by molar-refractivity contribution is -0.265. The van der Waals surface area contributed by atoms with Crippen molar-refractivity contribution in [2.24, 2.45) is 10.2 Å². The monoisotopic (exact) mass is 377 g/mol. The molecule has 4 rings (SSSR count). The van der Waals surface area contributed by atoms with Crippen molar-refractivity contribution in [3.8, 4) is 5.75 Å². The van der Waals surface area contributed by atoms with Crippen LogP contribution in [0.2, 0.25) is 0 Å². The summed E-state index contributed by atoms with van der Waals surface area (Å²) in [5.41, 5.74) is 0.450. The number of hydrogen-bond donors (Lipinski definition) is 1. The zero-order chi connectivity index (χ0) is 19.0. The van der Waals surface area contributed by atoms with Crippen LogP contribution in [0.25, 0.3) is 21.5 Å². The Morgan fingerprint density at radius 2 is 1.30 bits per heavy atom. The number of rotatable bonds is 3. The molecule has 0 spiro atoms. The lowest BCUT2D eigenvalue weighted by Crippen LogP contribution is -1.99. The summed E-state index contributed by atoms with van der Waals surface area (Å²) >= 11 is 0. The van der Waals surface area contributed by atoms with E-state index in [-0.39, 0.29) is 16.3 Å². The molecule has 6 nitrogen and oxygen atoms in total. The van der Waals surface area contributed by atoms with Crippen molar-refractivity contribution in [2.75, 3.05) is 0 Å². The van der Waals surface area contributed by atoms with E-state index in [9.17, 15) is 18.1 Å². The maximum atomic E-state index is 12.0. The molecule has 0 heterocycles. The molecule has 4 aromatic rings. The molecule has 134 valence electrons. The average molecular weight is 377 g/mol. The van der Waals surface area contributed by atoms with E-state index in [1.165, 1.54) is 18.2 Å². The maximum absolute atomic E-state index is 12.0. The molecule has 0 saturated heterocycles. The van der Waals surface area contributed by atoms with Crippen LogP contribution < -0.4 is 5.11 Å². The third-order valence-corrected chi connectivity index (χ3v) is 5.19. The Hall–Kier alpha value is -3.29. The third kappa shape index (κ3) is 3.14. The maximum Gasteiger partial charge on any atom is 0.297 e. The van der Waals surface area contributed by atoms with E-state index in [0.717, 1.165) is 0 Å². The predicted molar refractivity (Wildman–Crippen MR) is 101 cm³/mol. The number of hydrogen-bond acceptors (Lipinski definition) is 5. The molecule has 0 aliphatic rings. The number of azo groups is 1. The minimum absolute atomic E-state index is 0.0199. The van der Waals surface area contributed by atoms with Crippen LogP contribution in [0.1, 0.15) is 0 Å². The van der Waals surface area contributed by atoms with Gasteiger partial charge in [-0.15, -0.1) is 16.0 Å². The fourth-order valence-electron chi connectivity index (χ4n) is 3.03. The first-order valence-electron chi connectivity index (χ1n) is 8.05. The molecular formula is C20H13N2O4S-. The van der Waals surface area contributed by atoms with E-state index in [1.807, 2.05) is 0 Å². The van der Waals surface area contributed by atoms with E-state index in [0.29, 0.717) is 27.2 Å². The molecule has 0 unspecified atom stereocenters. The Morgan fingerprint density at radius 1 is 0.704 bits per heavy atom. The number of fused-ring (bicyclic) bond motifs is 2. The van der Waals surface area contributed by atoms with Gasteiger partial charge in [-0.05, 0) is 22.9 Å². The largest absolute Gasteiger partial charge is 0.872 e. The minimum Gasteiger partial charge on any atom is -0.872 e. The van der Waals surface area contributed by atoms with E-state index >= 15 is 0 Å². The number of nitrogens with zero attached hydrogens (tertiary/aromatic N) is 2. The lowest BCUT2D eigenvalue weighted by atomic mass is 10.1. The minimum atomic E-state index is -4.52. The Kier molecular flexibility index (Phi) is 4.10. The molecule has 0 radical (unpaired) electrons. The lowest BCUT2D eigenvalue weighted by Gasteiger charge is -2.11. The second-order valence-corrected chi connectivity index (χ2v) is 7.30. The molecule has 0 aromatic heterocycles. The summed E-state index contributed by atoms with van der Waals surface area (Å²) in [6.45, 7) is 0. The van der Waals surface area contributed by atoms with Crippen molar-refractivity contribution >= 4 is 43.0 Å². The summed E-state index contributed by atoms with van der Waals surface area (Å²) in [5.74, 6) is -0.131. The molecular weight excluding hydrogens is 364 g/mol. The molecule has 0 atom stereocenters. The summed E-state index contributed by atoms with van der Waals surface area (Å²) in [7, 11) is -4.52. The first-order chi connectivity index (χ1) is 12.9. The summed E-state index contributed by atoms with van der Waals surface area (Å²) in [4.78, 5) is -0.297. The van der Waals surface area contributed by atoms with Gasteiger partial charge in [0.25, 0.3) is 10.1 Å².